The van der Waals surface area contributed by atoms with Crippen molar-refractivity contribution in [2.75, 3.05) is 28.8 Å². The summed E-state index contributed by atoms with van der Waals surface area (Å²) in [6.07, 6.45) is 2.78. The monoisotopic (exact) mass is 521 g/mol. The summed E-state index contributed by atoms with van der Waals surface area (Å²) in [6, 6.07) is 3.56. The average Bonchev–Trinajstić information content (AvgIpc) is 3.65. The lowest BCUT2D eigenvalue weighted by atomic mass is 9.88. The number of nitrogens with zero attached hydrogens (tertiary/aromatic N) is 4. The lowest BCUT2D eigenvalue weighted by molar-refractivity contribution is 0.146. The number of anilines is 2. The number of aliphatic hydroxyl groups is 1. The van der Waals surface area contributed by atoms with Crippen LogP contribution in [-0.4, -0.2) is 50.1 Å². The molecule has 0 bridgehead atoms. The van der Waals surface area contributed by atoms with Gasteiger partial charge in [0.25, 0.3) is 6.43 Å². The number of benzene rings is 1. The molecule has 5 rings (SSSR count). The van der Waals surface area contributed by atoms with E-state index in [0.29, 0.717) is 41.5 Å². The standard InChI is InChI=1S/C25H30F3N5O2S/c1-14(17-4-3-5-18(21(17)26)22(27)28)31-23-20-12-19(25(34)33(2)24(20)30-13-29-23)15-8-10-36(35,11-9-15)32-16-6-7-16/h3-5,12-16,22,25,34H,6-11H2,1-2H3,(H,29,30,31)/t14-,15?,25?,36?/m1/s1. The molecule has 1 unspecified atom stereocenters. The van der Waals surface area contributed by atoms with E-state index in [1.807, 2.05) is 6.08 Å². The molecule has 2 atom stereocenters. The third-order valence-electron chi connectivity index (χ3n) is 7.22. The highest BCUT2D eigenvalue weighted by atomic mass is 32.2. The fraction of sp³-hybridized carbons (Fsp3) is 0.520. The molecule has 2 aliphatic heterocycles. The number of likely N-dealkylation sites (N-methyl/N-ethyl adjacent to an activating group) is 1. The topological polar surface area (TPSA) is 90.7 Å². The molecule has 1 aromatic carbocycles. The van der Waals surface area contributed by atoms with Crippen molar-refractivity contribution >= 4 is 27.4 Å². The van der Waals surface area contributed by atoms with Gasteiger partial charge in [0.1, 0.15) is 23.8 Å². The van der Waals surface area contributed by atoms with Gasteiger partial charge < -0.3 is 15.3 Å². The zero-order valence-corrected chi connectivity index (χ0v) is 21.0. The van der Waals surface area contributed by atoms with Crippen molar-refractivity contribution in [2.24, 2.45) is 10.3 Å². The highest BCUT2D eigenvalue weighted by Gasteiger charge is 2.35. The normalized spacial score (nSPS) is 26.9. The van der Waals surface area contributed by atoms with Gasteiger partial charge in [-0.05, 0) is 50.2 Å². The number of hydrogen-bond acceptors (Lipinski definition) is 7. The fourth-order valence-electron chi connectivity index (χ4n) is 4.97. The van der Waals surface area contributed by atoms with E-state index in [1.165, 1.54) is 18.5 Å². The Morgan fingerprint density at radius 1 is 1.17 bits per heavy atom. The van der Waals surface area contributed by atoms with E-state index in [0.717, 1.165) is 24.5 Å². The van der Waals surface area contributed by atoms with Gasteiger partial charge in [-0.3, -0.25) is 0 Å². The van der Waals surface area contributed by atoms with Crippen LogP contribution in [0.5, 0.6) is 0 Å². The highest BCUT2D eigenvalue weighted by molar-refractivity contribution is 7.93. The minimum absolute atomic E-state index is 0.0326. The first-order chi connectivity index (χ1) is 17.2. The van der Waals surface area contributed by atoms with E-state index in [4.69, 9.17) is 0 Å². The summed E-state index contributed by atoms with van der Waals surface area (Å²) in [4.78, 5) is 10.3. The number of hydrogen-bond donors (Lipinski definition) is 2. The molecule has 2 N–H and O–H groups in total. The van der Waals surface area contributed by atoms with Crippen LogP contribution in [0.1, 0.15) is 61.8 Å². The Balaban J connectivity index is 1.42. The van der Waals surface area contributed by atoms with Crippen molar-refractivity contribution in [1.82, 2.24) is 9.97 Å². The van der Waals surface area contributed by atoms with E-state index >= 15 is 0 Å². The number of nitrogens with one attached hydrogen (secondary N) is 1. The molecule has 1 aromatic heterocycles. The van der Waals surface area contributed by atoms with Crippen LogP contribution in [0.4, 0.5) is 24.8 Å². The second-order valence-corrected chi connectivity index (χ2v) is 12.4. The molecule has 0 spiro atoms. The first-order valence-corrected chi connectivity index (χ1v) is 14.0. The lowest BCUT2D eigenvalue weighted by Gasteiger charge is -2.37. The molecule has 3 heterocycles. The summed E-state index contributed by atoms with van der Waals surface area (Å²) in [7, 11) is -0.449. The Labute approximate surface area is 209 Å². The van der Waals surface area contributed by atoms with Crippen molar-refractivity contribution in [3.63, 3.8) is 0 Å². The Kier molecular flexibility index (Phi) is 6.71. The predicted octanol–water partition coefficient (Wildman–Crippen LogP) is 4.92. The molecule has 3 aliphatic rings. The molecule has 2 aromatic rings. The van der Waals surface area contributed by atoms with E-state index in [2.05, 4.69) is 19.6 Å². The highest BCUT2D eigenvalue weighted by Crippen LogP contribution is 2.40. The summed E-state index contributed by atoms with van der Waals surface area (Å²) >= 11 is 0. The van der Waals surface area contributed by atoms with Crippen molar-refractivity contribution < 1.29 is 22.5 Å². The minimum Gasteiger partial charge on any atom is -0.370 e. The van der Waals surface area contributed by atoms with E-state index in [-0.39, 0.29) is 17.5 Å². The minimum atomic E-state index is -2.91. The summed E-state index contributed by atoms with van der Waals surface area (Å²) in [5, 5.41) is 14.2. The summed E-state index contributed by atoms with van der Waals surface area (Å²) in [5.41, 5.74) is 0.883. The van der Waals surface area contributed by atoms with Gasteiger partial charge in [-0.15, -0.1) is 0 Å². The number of rotatable bonds is 6. The molecule has 36 heavy (non-hydrogen) atoms. The SMILES string of the molecule is C[C@@H](Nc1ncnc2c1C=C(C1CCS(=O)(=NC3CC3)CC1)C(O)N2C)c1cccc(C(F)F)c1F. The summed E-state index contributed by atoms with van der Waals surface area (Å²) in [6.45, 7) is 1.68. The first kappa shape index (κ1) is 25.0. The molecule has 194 valence electrons. The number of halogens is 3. The van der Waals surface area contributed by atoms with Gasteiger partial charge in [-0.2, -0.15) is 0 Å². The smallest absolute Gasteiger partial charge is 0.266 e. The first-order valence-electron chi connectivity index (χ1n) is 12.2. The summed E-state index contributed by atoms with van der Waals surface area (Å²) in [5.74, 6) is 1.03. The number of aliphatic hydroxyl groups excluding tert-OH is 1. The predicted molar refractivity (Wildman–Crippen MR) is 134 cm³/mol. The second kappa shape index (κ2) is 9.66. The number of alkyl halides is 2. The molecular weight excluding hydrogens is 491 g/mol. The summed E-state index contributed by atoms with van der Waals surface area (Å²) < 4.78 is 58.8. The van der Waals surface area contributed by atoms with Gasteiger partial charge >= 0.3 is 0 Å². The van der Waals surface area contributed by atoms with E-state index in [9.17, 15) is 22.5 Å². The third kappa shape index (κ3) is 4.82. The van der Waals surface area contributed by atoms with Crippen LogP contribution in [0.25, 0.3) is 6.08 Å². The second-order valence-electron chi connectivity index (χ2n) is 9.80. The molecule has 7 nitrogen and oxygen atoms in total. The van der Waals surface area contributed by atoms with Crippen LogP contribution < -0.4 is 10.2 Å². The number of fused-ring (bicyclic) bond motifs is 1. The number of aromatic nitrogens is 2. The lowest BCUT2D eigenvalue weighted by Crippen LogP contribution is -2.40. The molecule has 0 amide bonds. The van der Waals surface area contributed by atoms with Crippen molar-refractivity contribution in [3.05, 3.63) is 52.6 Å². The quantitative estimate of drug-likeness (QED) is 0.561. The van der Waals surface area contributed by atoms with E-state index in [1.54, 1.807) is 18.9 Å². The maximum atomic E-state index is 14.7. The van der Waals surface area contributed by atoms with Gasteiger partial charge in [0.2, 0.25) is 0 Å². The van der Waals surface area contributed by atoms with Gasteiger partial charge in [0.15, 0.2) is 6.23 Å². The average molecular weight is 522 g/mol. The maximum absolute atomic E-state index is 14.7. The van der Waals surface area contributed by atoms with Crippen LogP contribution in [0.15, 0.2) is 34.5 Å². The van der Waals surface area contributed by atoms with E-state index < -0.39 is 39.8 Å². The van der Waals surface area contributed by atoms with Crippen molar-refractivity contribution in [2.45, 2.75) is 57.3 Å². The zero-order chi connectivity index (χ0) is 25.6. The van der Waals surface area contributed by atoms with Crippen LogP contribution in [0.2, 0.25) is 0 Å². The molecule has 2 fully saturated rings. The fourth-order valence-corrected chi connectivity index (χ4v) is 7.44. The Hall–Kier alpha value is -2.66. The van der Waals surface area contributed by atoms with Gasteiger partial charge in [-0.25, -0.2) is 31.7 Å². The van der Waals surface area contributed by atoms with Crippen LogP contribution in [0, 0.1) is 11.7 Å². The largest absolute Gasteiger partial charge is 0.370 e. The zero-order valence-electron chi connectivity index (χ0n) is 20.2. The van der Waals surface area contributed by atoms with Gasteiger partial charge in [-0.1, -0.05) is 18.2 Å². The maximum Gasteiger partial charge on any atom is 0.266 e. The Morgan fingerprint density at radius 3 is 2.53 bits per heavy atom. The van der Waals surface area contributed by atoms with Crippen molar-refractivity contribution in [3.8, 4) is 0 Å². The Morgan fingerprint density at radius 2 is 1.86 bits per heavy atom. The van der Waals surface area contributed by atoms with Crippen molar-refractivity contribution in [1.29, 1.82) is 0 Å². The molecule has 1 saturated heterocycles. The van der Waals surface area contributed by atoms with Crippen LogP contribution in [0.3, 0.4) is 0 Å². The van der Waals surface area contributed by atoms with Crippen LogP contribution >= 0.6 is 0 Å². The molecule has 0 radical (unpaired) electrons. The van der Waals surface area contributed by atoms with Gasteiger partial charge in [0, 0.05) is 33.8 Å². The molecule has 11 heteroatoms. The van der Waals surface area contributed by atoms with Gasteiger partial charge in [0.05, 0.1) is 23.2 Å². The Bertz CT molecular complexity index is 1290. The molecule has 1 aliphatic carbocycles. The van der Waals surface area contributed by atoms with Crippen LogP contribution in [-0.2, 0) is 9.73 Å². The molecular formula is C25H30F3N5O2S. The molecule has 1 saturated carbocycles. The third-order valence-corrected chi connectivity index (χ3v) is 9.65.